The van der Waals surface area contributed by atoms with Crippen LogP contribution in [0, 0.1) is 0 Å². The number of halogens is 1. The van der Waals surface area contributed by atoms with Gasteiger partial charge in [0.2, 0.25) is 0 Å². The van der Waals surface area contributed by atoms with Gasteiger partial charge in [-0.15, -0.1) is 0 Å². The molecule has 3 heterocycles. The van der Waals surface area contributed by atoms with Gasteiger partial charge in [0, 0.05) is 51.3 Å². The molecule has 3 rings (SSSR count). The summed E-state index contributed by atoms with van der Waals surface area (Å²) in [6.45, 7) is 2.52. The molecular formula is C16H19BrN4O3. The monoisotopic (exact) mass is 394 g/mol. The van der Waals surface area contributed by atoms with Gasteiger partial charge >= 0.3 is 0 Å². The first-order valence-corrected chi connectivity index (χ1v) is 8.50. The molecule has 0 radical (unpaired) electrons. The highest BCUT2D eigenvalue weighted by atomic mass is 79.9. The maximum atomic E-state index is 12.5. The number of fused-ring (bicyclic) bond motifs is 1. The molecule has 0 saturated carbocycles. The fourth-order valence-corrected chi connectivity index (χ4v) is 2.99. The van der Waals surface area contributed by atoms with E-state index in [0.29, 0.717) is 35.6 Å². The summed E-state index contributed by atoms with van der Waals surface area (Å²) in [6, 6.07) is 3.63. The molecule has 0 aromatic carbocycles. The van der Waals surface area contributed by atoms with Crippen LogP contribution < -0.4 is 5.32 Å². The molecular weight excluding hydrogens is 376 g/mol. The molecule has 0 aliphatic rings. The zero-order chi connectivity index (χ0) is 16.9. The van der Waals surface area contributed by atoms with Gasteiger partial charge in [-0.25, -0.2) is 4.98 Å². The van der Waals surface area contributed by atoms with Gasteiger partial charge in [0.05, 0.1) is 18.5 Å². The van der Waals surface area contributed by atoms with Crippen molar-refractivity contribution >= 4 is 32.9 Å². The molecule has 0 saturated heterocycles. The van der Waals surface area contributed by atoms with E-state index in [9.17, 15) is 4.79 Å². The molecule has 0 bridgehead atoms. The number of carbonyl (C=O) groups is 1. The Kier molecular flexibility index (Phi) is 5.37. The Morgan fingerprint density at radius 1 is 1.42 bits per heavy atom. The number of nitrogens with one attached hydrogen (secondary N) is 1. The number of aryl methyl sites for hydroxylation is 1. The minimum atomic E-state index is -0.112. The first-order chi connectivity index (χ1) is 11.7. The molecule has 1 N–H and O–H groups in total. The molecule has 0 fully saturated rings. The Bertz CT molecular complexity index is 807. The van der Waals surface area contributed by atoms with E-state index in [1.54, 1.807) is 25.7 Å². The molecule has 0 unspecified atom stereocenters. The fourth-order valence-electron chi connectivity index (χ4n) is 2.60. The van der Waals surface area contributed by atoms with Crippen LogP contribution in [0.25, 0.3) is 11.1 Å². The quantitative estimate of drug-likeness (QED) is 0.596. The Morgan fingerprint density at radius 3 is 3.04 bits per heavy atom. The summed E-state index contributed by atoms with van der Waals surface area (Å²) in [4.78, 5) is 16.5. The van der Waals surface area contributed by atoms with E-state index in [2.05, 4.69) is 26.2 Å². The van der Waals surface area contributed by atoms with Gasteiger partial charge in [0.1, 0.15) is 5.69 Å². The maximum Gasteiger partial charge on any atom is 0.268 e. The number of ether oxygens (including phenoxy) is 1. The van der Waals surface area contributed by atoms with Crippen LogP contribution in [-0.2, 0) is 17.8 Å². The fraction of sp³-hybridized carbons (Fsp3) is 0.375. The molecule has 24 heavy (non-hydrogen) atoms. The minimum absolute atomic E-state index is 0.112. The van der Waals surface area contributed by atoms with Gasteiger partial charge in [0.25, 0.3) is 5.91 Å². The lowest BCUT2D eigenvalue weighted by molar-refractivity contribution is 0.0941. The third-order valence-electron chi connectivity index (χ3n) is 3.75. The van der Waals surface area contributed by atoms with Crippen molar-refractivity contribution in [2.75, 3.05) is 20.3 Å². The van der Waals surface area contributed by atoms with Crippen LogP contribution in [0.3, 0.4) is 0 Å². The van der Waals surface area contributed by atoms with E-state index < -0.39 is 0 Å². The van der Waals surface area contributed by atoms with E-state index in [1.807, 2.05) is 21.4 Å². The second-order valence-corrected chi connectivity index (χ2v) is 6.17. The minimum Gasteiger partial charge on any atom is -0.448 e. The van der Waals surface area contributed by atoms with Gasteiger partial charge in [-0.1, -0.05) is 0 Å². The third-order valence-corrected chi connectivity index (χ3v) is 4.14. The summed E-state index contributed by atoms with van der Waals surface area (Å²) < 4.78 is 15.2. The van der Waals surface area contributed by atoms with Crippen LogP contribution in [0.5, 0.6) is 0 Å². The van der Waals surface area contributed by atoms with Gasteiger partial charge < -0.3 is 23.6 Å². The molecule has 3 aromatic heterocycles. The third kappa shape index (κ3) is 3.70. The van der Waals surface area contributed by atoms with E-state index >= 15 is 0 Å². The zero-order valence-corrected chi connectivity index (χ0v) is 15.0. The SMILES string of the molecule is COCCn1c(C(=O)NCCCn2ccnc2)cc2oc(Br)cc21. The summed E-state index contributed by atoms with van der Waals surface area (Å²) in [6.07, 6.45) is 6.25. The highest BCUT2D eigenvalue weighted by Gasteiger charge is 2.18. The Balaban J connectivity index is 1.65. The summed E-state index contributed by atoms with van der Waals surface area (Å²) >= 11 is 3.32. The highest BCUT2D eigenvalue weighted by molar-refractivity contribution is 9.10. The molecule has 0 atom stereocenters. The van der Waals surface area contributed by atoms with Gasteiger partial charge in [-0.2, -0.15) is 0 Å². The van der Waals surface area contributed by atoms with Gasteiger partial charge in [-0.3, -0.25) is 4.79 Å². The topological polar surface area (TPSA) is 74.2 Å². The summed E-state index contributed by atoms with van der Waals surface area (Å²) in [5.74, 6) is -0.112. The Hall–Kier alpha value is -2.06. The number of amides is 1. The normalized spacial score (nSPS) is 11.2. The summed E-state index contributed by atoms with van der Waals surface area (Å²) in [5, 5.41) is 2.96. The van der Waals surface area contributed by atoms with Crippen molar-refractivity contribution in [2.24, 2.45) is 0 Å². The van der Waals surface area contributed by atoms with Crippen LogP contribution in [0.2, 0.25) is 0 Å². The van der Waals surface area contributed by atoms with Crippen molar-refractivity contribution in [3.63, 3.8) is 0 Å². The van der Waals surface area contributed by atoms with Crippen molar-refractivity contribution in [1.29, 1.82) is 0 Å². The summed E-state index contributed by atoms with van der Waals surface area (Å²) in [5.41, 5.74) is 2.14. The van der Waals surface area contributed by atoms with Crippen molar-refractivity contribution in [3.8, 4) is 0 Å². The highest BCUT2D eigenvalue weighted by Crippen LogP contribution is 2.27. The molecule has 8 heteroatoms. The lowest BCUT2D eigenvalue weighted by Gasteiger charge is -2.10. The lowest BCUT2D eigenvalue weighted by Crippen LogP contribution is -2.27. The number of carbonyl (C=O) groups excluding carboxylic acids is 1. The van der Waals surface area contributed by atoms with E-state index in [0.717, 1.165) is 18.5 Å². The van der Waals surface area contributed by atoms with Crippen LogP contribution in [0.15, 0.2) is 39.9 Å². The van der Waals surface area contributed by atoms with E-state index in [-0.39, 0.29) is 5.91 Å². The number of methoxy groups -OCH3 is 1. The number of aromatic nitrogens is 3. The van der Waals surface area contributed by atoms with Gasteiger partial charge in [0.15, 0.2) is 10.3 Å². The number of hydrogen-bond acceptors (Lipinski definition) is 4. The smallest absolute Gasteiger partial charge is 0.268 e. The molecule has 3 aromatic rings. The zero-order valence-electron chi connectivity index (χ0n) is 13.4. The molecule has 0 aliphatic carbocycles. The predicted octanol–water partition coefficient (Wildman–Crippen LogP) is 2.66. The lowest BCUT2D eigenvalue weighted by atomic mass is 10.3. The first-order valence-electron chi connectivity index (χ1n) is 7.70. The second kappa shape index (κ2) is 7.67. The van der Waals surface area contributed by atoms with Crippen LogP contribution in [-0.4, -0.2) is 40.3 Å². The first kappa shape index (κ1) is 16.8. The van der Waals surface area contributed by atoms with Crippen molar-refractivity contribution in [1.82, 2.24) is 19.4 Å². The molecule has 0 spiro atoms. The number of hydrogen-bond donors (Lipinski definition) is 1. The largest absolute Gasteiger partial charge is 0.448 e. The second-order valence-electron chi connectivity index (χ2n) is 5.38. The molecule has 7 nitrogen and oxygen atoms in total. The maximum absolute atomic E-state index is 12.5. The molecule has 0 aliphatic heterocycles. The van der Waals surface area contributed by atoms with Crippen LogP contribution >= 0.6 is 15.9 Å². The molecule has 1 amide bonds. The number of furan rings is 1. The number of nitrogens with zero attached hydrogens (tertiary/aromatic N) is 3. The average Bonchev–Trinajstić information content (AvgIpc) is 3.26. The van der Waals surface area contributed by atoms with Crippen molar-refractivity contribution in [3.05, 3.63) is 41.2 Å². The Labute approximate surface area is 147 Å². The van der Waals surface area contributed by atoms with E-state index in [1.165, 1.54) is 0 Å². The van der Waals surface area contributed by atoms with Crippen molar-refractivity contribution in [2.45, 2.75) is 19.5 Å². The van der Waals surface area contributed by atoms with Crippen LogP contribution in [0.1, 0.15) is 16.9 Å². The van der Waals surface area contributed by atoms with E-state index in [4.69, 9.17) is 9.15 Å². The van der Waals surface area contributed by atoms with Gasteiger partial charge in [-0.05, 0) is 22.4 Å². The number of rotatable bonds is 8. The average molecular weight is 395 g/mol. The van der Waals surface area contributed by atoms with Crippen molar-refractivity contribution < 1.29 is 13.9 Å². The number of imidazole rings is 1. The Morgan fingerprint density at radius 2 is 2.29 bits per heavy atom. The van der Waals surface area contributed by atoms with Crippen LogP contribution in [0.4, 0.5) is 0 Å². The standard InChI is InChI=1S/C16H19BrN4O3/c1-23-8-7-21-12-10-15(17)24-14(12)9-13(21)16(22)19-3-2-5-20-6-4-18-11-20/h4,6,9-11H,2-3,5,7-8H2,1H3,(H,19,22). The molecule has 128 valence electrons. The summed E-state index contributed by atoms with van der Waals surface area (Å²) in [7, 11) is 1.64. The predicted molar refractivity (Wildman–Crippen MR) is 93.0 cm³/mol.